The van der Waals surface area contributed by atoms with Crippen LogP contribution in [0.2, 0.25) is 0 Å². The molecule has 2 heterocycles. The van der Waals surface area contributed by atoms with E-state index in [1.165, 1.54) is 0 Å². The number of carbonyl (C=O) groups excluding carboxylic acids is 3. The van der Waals surface area contributed by atoms with E-state index in [9.17, 15) is 19.6 Å². The molecule has 1 atom stereocenters. The summed E-state index contributed by atoms with van der Waals surface area (Å²) < 4.78 is 6.09. The molecule has 11 nitrogen and oxygen atoms in total. The second kappa shape index (κ2) is 10.9. The maximum atomic E-state index is 12.9. The molecule has 1 aliphatic heterocycles. The third kappa shape index (κ3) is 4.82. The summed E-state index contributed by atoms with van der Waals surface area (Å²) in [5.74, 6) is -0.421. The molecule has 0 saturated carbocycles. The quantitative estimate of drug-likeness (QED) is 0.359. The van der Waals surface area contributed by atoms with E-state index in [4.69, 9.17) is 15.9 Å². The first kappa shape index (κ1) is 27.0. The highest BCUT2D eigenvalue weighted by atomic mass is 16.4. The Kier molecular flexibility index (Phi) is 7.36. The lowest BCUT2D eigenvalue weighted by molar-refractivity contribution is -0.130. The number of primary amides is 2. The SMILES string of the molecule is Cc1nnc(C2(CCNCC(=O)N3CCCC3C#N)c3ccc(C(N)=O)cc3CCc3cc(C(N)=O)ccc32)o1. The van der Waals surface area contributed by atoms with Gasteiger partial charge in [-0.15, -0.1) is 10.2 Å². The van der Waals surface area contributed by atoms with E-state index in [-0.39, 0.29) is 18.5 Å². The molecule has 0 radical (unpaired) electrons. The van der Waals surface area contributed by atoms with Crippen LogP contribution in [-0.4, -0.2) is 58.5 Å². The van der Waals surface area contributed by atoms with Crippen LogP contribution in [0.1, 0.15) is 74.0 Å². The summed E-state index contributed by atoms with van der Waals surface area (Å²) >= 11 is 0. The van der Waals surface area contributed by atoms with Crippen LogP contribution in [0.4, 0.5) is 0 Å². The monoisotopic (exact) mass is 541 g/mol. The van der Waals surface area contributed by atoms with Crippen molar-refractivity contribution in [1.82, 2.24) is 20.4 Å². The fraction of sp³-hybridized carbons (Fsp3) is 0.379. The predicted molar refractivity (Wildman–Crippen MR) is 144 cm³/mol. The smallest absolute Gasteiger partial charge is 0.248 e. The topological polar surface area (TPSA) is 181 Å². The molecule has 3 aromatic rings. The number of aryl methyl sites for hydroxylation is 3. The summed E-state index contributed by atoms with van der Waals surface area (Å²) in [6, 6.07) is 12.5. The van der Waals surface area contributed by atoms with Crippen LogP contribution in [0, 0.1) is 18.3 Å². The fourth-order valence-electron chi connectivity index (χ4n) is 6.00. The number of nitrogens with one attached hydrogen (secondary N) is 1. The number of aromatic nitrogens is 2. The molecular formula is C29H31N7O4. The number of nitriles is 1. The van der Waals surface area contributed by atoms with Crippen molar-refractivity contribution < 1.29 is 18.8 Å². The minimum Gasteiger partial charge on any atom is -0.424 e. The van der Waals surface area contributed by atoms with Crippen LogP contribution in [0.5, 0.6) is 0 Å². The molecule has 1 unspecified atom stereocenters. The van der Waals surface area contributed by atoms with Crippen molar-refractivity contribution in [3.63, 3.8) is 0 Å². The van der Waals surface area contributed by atoms with Gasteiger partial charge in [0.15, 0.2) is 0 Å². The third-order valence-corrected chi connectivity index (χ3v) is 7.93. The summed E-state index contributed by atoms with van der Waals surface area (Å²) in [5.41, 5.74) is 14.6. The van der Waals surface area contributed by atoms with Crippen molar-refractivity contribution >= 4 is 17.7 Å². The number of likely N-dealkylation sites (tertiary alicyclic amines) is 1. The van der Waals surface area contributed by atoms with Crippen LogP contribution < -0.4 is 16.8 Å². The Bertz CT molecular complexity index is 1460. The third-order valence-electron chi connectivity index (χ3n) is 7.93. The average molecular weight is 542 g/mol. The zero-order valence-electron chi connectivity index (χ0n) is 22.3. The molecule has 5 N–H and O–H groups in total. The molecule has 1 aromatic heterocycles. The number of nitrogens with zero attached hydrogens (tertiary/aromatic N) is 4. The Morgan fingerprint density at radius 2 is 1.70 bits per heavy atom. The average Bonchev–Trinajstić information content (AvgIpc) is 3.58. The highest BCUT2D eigenvalue weighted by molar-refractivity contribution is 5.94. The first-order valence-electron chi connectivity index (χ1n) is 13.3. The first-order valence-corrected chi connectivity index (χ1v) is 13.3. The van der Waals surface area contributed by atoms with Crippen LogP contribution in [0.25, 0.3) is 0 Å². The van der Waals surface area contributed by atoms with Crippen LogP contribution >= 0.6 is 0 Å². The van der Waals surface area contributed by atoms with Crippen molar-refractivity contribution in [2.45, 2.75) is 50.5 Å². The van der Waals surface area contributed by atoms with E-state index in [2.05, 4.69) is 21.6 Å². The van der Waals surface area contributed by atoms with E-state index in [1.54, 1.807) is 36.1 Å². The number of hydrogen-bond acceptors (Lipinski definition) is 8. The molecule has 1 aliphatic carbocycles. The van der Waals surface area contributed by atoms with Gasteiger partial charge in [0.2, 0.25) is 29.5 Å². The molecular weight excluding hydrogens is 510 g/mol. The molecule has 3 amide bonds. The van der Waals surface area contributed by atoms with Gasteiger partial charge in [-0.05, 0) is 85.2 Å². The van der Waals surface area contributed by atoms with E-state index in [0.29, 0.717) is 61.7 Å². The summed E-state index contributed by atoms with van der Waals surface area (Å²) in [4.78, 5) is 38.6. The lowest BCUT2D eigenvalue weighted by Crippen LogP contribution is -2.42. The maximum absolute atomic E-state index is 12.9. The van der Waals surface area contributed by atoms with Crippen molar-refractivity contribution in [3.8, 4) is 6.07 Å². The second-order valence-corrected chi connectivity index (χ2v) is 10.3. The highest BCUT2D eigenvalue weighted by Gasteiger charge is 2.45. The maximum Gasteiger partial charge on any atom is 0.248 e. The Hall–Kier alpha value is -4.56. The summed E-state index contributed by atoms with van der Waals surface area (Å²) in [5, 5.41) is 21.2. The molecule has 40 heavy (non-hydrogen) atoms. The second-order valence-electron chi connectivity index (χ2n) is 10.3. The fourth-order valence-corrected chi connectivity index (χ4v) is 6.00. The summed E-state index contributed by atoms with van der Waals surface area (Å²) in [6.45, 7) is 2.77. The highest BCUT2D eigenvalue weighted by Crippen LogP contribution is 2.47. The van der Waals surface area contributed by atoms with Crippen LogP contribution in [0.3, 0.4) is 0 Å². The molecule has 11 heteroatoms. The number of nitrogens with two attached hydrogens (primary N) is 2. The summed E-state index contributed by atoms with van der Waals surface area (Å²) in [7, 11) is 0. The molecule has 206 valence electrons. The molecule has 0 bridgehead atoms. The molecule has 2 aliphatic rings. The number of amides is 3. The first-order chi connectivity index (χ1) is 19.2. The largest absolute Gasteiger partial charge is 0.424 e. The standard InChI is InChI=1S/C29H31N7O4/c1-17-34-35-28(40-17)29(10-11-33-16-25(37)36-12-2-3-22(36)15-30)23-8-6-20(26(31)38)13-18(23)4-5-19-14-21(27(32)39)7-9-24(19)29/h6-9,13-14,22,33H,2-5,10-12,16H2,1H3,(H2,31,38)(H2,32,39). The van der Waals surface area contributed by atoms with E-state index < -0.39 is 17.2 Å². The van der Waals surface area contributed by atoms with Gasteiger partial charge in [-0.1, -0.05) is 12.1 Å². The molecule has 0 spiro atoms. The Labute approximate surface area is 231 Å². The number of carbonyl (C=O) groups is 3. The van der Waals surface area contributed by atoms with E-state index in [0.717, 1.165) is 28.7 Å². The normalized spacial score (nSPS) is 17.4. The molecule has 1 fully saturated rings. The van der Waals surface area contributed by atoms with Gasteiger partial charge < -0.3 is 26.1 Å². The lowest BCUT2D eigenvalue weighted by atomic mass is 9.69. The zero-order valence-corrected chi connectivity index (χ0v) is 22.3. The van der Waals surface area contributed by atoms with Crippen LogP contribution in [-0.2, 0) is 23.1 Å². The van der Waals surface area contributed by atoms with Crippen molar-refractivity contribution in [3.05, 3.63) is 81.6 Å². The van der Waals surface area contributed by atoms with Gasteiger partial charge in [-0.2, -0.15) is 5.26 Å². The van der Waals surface area contributed by atoms with Gasteiger partial charge >= 0.3 is 0 Å². The summed E-state index contributed by atoms with van der Waals surface area (Å²) in [6.07, 6.45) is 3.09. The van der Waals surface area contributed by atoms with Gasteiger partial charge in [0.1, 0.15) is 11.5 Å². The lowest BCUT2D eigenvalue weighted by Gasteiger charge is -2.34. The van der Waals surface area contributed by atoms with Gasteiger partial charge in [0.05, 0.1) is 12.6 Å². The Morgan fingerprint density at radius 3 is 2.23 bits per heavy atom. The van der Waals surface area contributed by atoms with Crippen LogP contribution in [0.15, 0.2) is 40.8 Å². The van der Waals surface area contributed by atoms with E-state index in [1.807, 2.05) is 12.1 Å². The Balaban J connectivity index is 1.57. The number of benzene rings is 2. The van der Waals surface area contributed by atoms with Gasteiger partial charge in [0.25, 0.3) is 0 Å². The van der Waals surface area contributed by atoms with Gasteiger partial charge in [-0.3, -0.25) is 14.4 Å². The number of hydrogen-bond donors (Lipinski definition) is 3. The van der Waals surface area contributed by atoms with E-state index >= 15 is 0 Å². The van der Waals surface area contributed by atoms with Gasteiger partial charge in [0, 0.05) is 24.6 Å². The van der Waals surface area contributed by atoms with Gasteiger partial charge in [-0.25, -0.2) is 0 Å². The molecule has 5 rings (SSSR count). The number of fused-ring (bicyclic) bond motifs is 2. The Morgan fingerprint density at radius 1 is 1.07 bits per heavy atom. The minimum absolute atomic E-state index is 0.0814. The van der Waals surface area contributed by atoms with Crippen molar-refractivity contribution in [2.24, 2.45) is 11.5 Å². The molecule has 1 saturated heterocycles. The molecule has 2 aromatic carbocycles. The zero-order chi connectivity index (χ0) is 28.4. The number of rotatable bonds is 8. The minimum atomic E-state index is -0.951. The predicted octanol–water partition coefficient (Wildman–Crippen LogP) is 1.50. The van der Waals surface area contributed by atoms with Crippen molar-refractivity contribution in [1.29, 1.82) is 5.26 Å². The van der Waals surface area contributed by atoms with Crippen molar-refractivity contribution in [2.75, 3.05) is 19.6 Å².